The van der Waals surface area contributed by atoms with Crippen LogP contribution in [0.1, 0.15) is 36.0 Å². The zero-order valence-corrected chi connectivity index (χ0v) is 18.8. The Hall–Kier alpha value is -2.05. The molecule has 0 spiro atoms. The summed E-state index contributed by atoms with van der Waals surface area (Å²) in [5, 5.41) is 3.45. The van der Waals surface area contributed by atoms with E-state index < -0.39 is 0 Å². The number of amides is 1. The van der Waals surface area contributed by atoms with Crippen LogP contribution in [0.2, 0.25) is 0 Å². The Kier molecular flexibility index (Phi) is 7.95. The Balaban J connectivity index is 1.51. The molecule has 1 N–H and O–H groups in total. The van der Waals surface area contributed by atoms with E-state index in [1.54, 1.807) is 7.11 Å². The molecule has 6 heteroatoms. The van der Waals surface area contributed by atoms with Crippen molar-refractivity contribution >= 4 is 21.8 Å². The highest BCUT2D eigenvalue weighted by atomic mass is 79.9. The molecule has 1 amide bonds. The number of likely N-dealkylation sites (tertiary alicyclic amines) is 1. The van der Waals surface area contributed by atoms with E-state index in [4.69, 9.17) is 9.47 Å². The number of carbonyl (C=O) groups excluding carboxylic acids is 1. The molecule has 1 fully saturated rings. The van der Waals surface area contributed by atoms with Crippen LogP contribution in [-0.4, -0.2) is 37.6 Å². The Labute approximate surface area is 181 Å². The Bertz CT molecular complexity index is 841. The first-order valence-corrected chi connectivity index (χ1v) is 10.9. The van der Waals surface area contributed by atoms with Gasteiger partial charge in [-0.2, -0.15) is 0 Å². The number of ether oxygens (including phenoxy) is 2. The van der Waals surface area contributed by atoms with Gasteiger partial charge in [-0.15, -0.1) is 0 Å². The molecule has 5 nitrogen and oxygen atoms in total. The number of hydrogen-bond donors (Lipinski definition) is 1. The van der Waals surface area contributed by atoms with Crippen molar-refractivity contribution in [3.8, 4) is 11.5 Å². The maximum atomic E-state index is 11.6. The molecule has 29 heavy (non-hydrogen) atoms. The first kappa shape index (κ1) is 21.7. The summed E-state index contributed by atoms with van der Waals surface area (Å²) in [4.78, 5) is 13.6. The molecule has 0 bridgehead atoms. The lowest BCUT2D eigenvalue weighted by atomic mass is 10.1. The SMILES string of the molecule is COc1cc(CNCCCN2CCCC2=O)c(Br)cc1OCc1cccc(C)c1. The van der Waals surface area contributed by atoms with E-state index in [9.17, 15) is 4.79 Å². The molecule has 2 aromatic carbocycles. The summed E-state index contributed by atoms with van der Waals surface area (Å²) in [5.41, 5.74) is 3.46. The van der Waals surface area contributed by atoms with Crippen molar-refractivity contribution < 1.29 is 14.3 Å². The number of benzene rings is 2. The van der Waals surface area contributed by atoms with E-state index in [1.165, 1.54) is 5.56 Å². The normalized spacial score (nSPS) is 13.8. The zero-order valence-electron chi connectivity index (χ0n) is 17.2. The third-order valence-electron chi connectivity index (χ3n) is 5.08. The number of aryl methyl sites for hydroxylation is 1. The molecule has 1 aliphatic rings. The molecular weight excluding hydrogens is 432 g/mol. The average molecular weight is 461 g/mol. The van der Waals surface area contributed by atoms with Gasteiger partial charge in [-0.25, -0.2) is 0 Å². The van der Waals surface area contributed by atoms with Gasteiger partial charge in [0.2, 0.25) is 5.91 Å². The third kappa shape index (κ3) is 6.21. The van der Waals surface area contributed by atoms with Gasteiger partial charge in [-0.3, -0.25) is 4.79 Å². The molecule has 0 aliphatic carbocycles. The highest BCUT2D eigenvalue weighted by Crippen LogP contribution is 2.34. The fourth-order valence-corrected chi connectivity index (χ4v) is 3.97. The van der Waals surface area contributed by atoms with Crippen molar-refractivity contribution in [1.29, 1.82) is 0 Å². The van der Waals surface area contributed by atoms with Crippen LogP contribution in [0, 0.1) is 6.92 Å². The summed E-state index contributed by atoms with van der Waals surface area (Å²) < 4.78 is 12.5. The van der Waals surface area contributed by atoms with Crippen molar-refractivity contribution in [1.82, 2.24) is 10.2 Å². The van der Waals surface area contributed by atoms with Crippen LogP contribution in [0.4, 0.5) is 0 Å². The van der Waals surface area contributed by atoms with Crippen LogP contribution in [0.5, 0.6) is 11.5 Å². The first-order chi connectivity index (χ1) is 14.1. The Morgan fingerprint density at radius 1 is 1.21 bits per heavy atom. The van der Waals surface area contributed by atoms with Gasteiger partial charge >= 0.3 is 0 Å². The van der Waals surface area contributed by atoms with Crippen molar-refractivity contribution in [3.05, 3.63) is 57.6 Å². The number of nitrogens with one attached hydrogen (secondary N) is 1. The second kappa shape index (κ2) is 10.6. The van der Waals surface area contributed by atoms with Crippen molar-refractivity contribution in [2.24, 2.45) is 0 Å². The predicted molar refractivity (Wildman–Crippen MR) is 118 cm³/mol. The number of halogens is 1. The molecule has 0 radical (unpaired) electrons. The minimum atomic E-state index is 0.290. The Morgan fingerprint density at radius 2 is 2.07 bits per heavy atom. The minimum absolute atomic E-state index is 0.290. The zero-order chi connectivity index (χ0) is 20.6. The van der Waals surface area contributed by atoms with Gasteiger partial charge in [0, 0.05) is 30.5 Å². The van der Waals surface area contributed by atoms with Gasteiger partial charge in [0.25, 0.3) is 0 Å². The van der Waals surface area contributed by atoms with E-state index in [-0.39, 0.29) is 0 Å². The highest BCUT2D eigenvalue weighted by molar-refractivity contribution is 9.10. The molecule has 0 saturated carbocycles. The maximum Gasteiger partial charge on any atom is 0.222 e. The van der Waals surface area contributed by atoms with Gasteiger partial charge < -0.3 is 19.7 Å². The summed E-state index contributed by atoms with van der Waals surface area (Å²) >= 11 is 3.65. The van der Waals surface area contributed by atoms with Gasteiger partial charge in [0.05, 0.1) is 7.11 Å². The lowest BCUT2D eigenvalue weighted by Crippen LogP contribution is -2.28. The van der Waals surface area contributed by atoms with Gasteiger partial charge in [-0.1, -0.05) is 45.8 Å². The average Bonchev–Trinajstić information content (AvgIpc) is 3.12. The van der Waals surface area contributed by atoms with Gasteiger partial charge in [-0.05, 0) is 49.6 Å². The number of carbonyl (C=O) groups is 1. The van der Waals surface area contributed by atoms with Crippen LogP contribution >= 0.6 is 15.9 Å². The molecule has 0 atom stereocenters. The Morgan fingerprint density at radius 3 is 2.79 bits per heavy atom. The number of nitrogens with zero attached hydrogens (tertiary/aromatic N) is 1. The van der Waals surface area contributed by atoms with E-state index in [0.29, 0.717) is 18.9 Å². The van der Waals surface area contributed by atoms with Crippen LogP contribution in [0.15, 0.2) is 40.9 Å². The number of methoxy groups -OCH3 is 1. The molecular formula is C23H29BrN2O3. The van der Waals surface area contributed by atoms with Crippen molar-refractivity contribution in [2.75, 3.05) is 26.7 Å². The second-order valence-electron chi connectivity index (χ2n) is 7.39. The molecule has 1 saturated heterocycles. The fraction of sp³-hybridized carbons (Fsp3) is 0.435. The number of hydrogen-bond acceptors (Lipinski definition) is 4. The van der Waals surface area contributed by atoms with Crippen LogP contribution in [0.25, 0.3) is 0 Å². The lowest BCUT2D eigenvalue weighted by Gasteiger charge is -2.16. The standard InChI is InChI=1S/C23H29BrN2O3/c1-17-6-3-7-18(12-17)16-29-22-14-20(24)19(13-21(22)28-2)15-25-9-5-11-26-10-4-8-23(26)27/h3,6-7,12-14,25H,4-5,8-11,15-16H2,1-2H3. The molecule has 1 heterocycles. The largest absolute Gasteiger partial charge is 0.493 e. The quantitative estimate of drug-likeness (QED) is 0.532. The van der Waals surface area contributed by atoms with Crippen LogP contribution in [0.3, 0.4) is 0 Å². The van der Waals surface area contributed by atoms with Crippen LogP contribution in [-0.2, 0) is 17.9 Å². The molecule has 0 unspecified atom stereocenters. The second-order valence-corrected chi connectivity index (χ2v) is 8.24. The van der Waals surface area contributed by atoms with E-state index in [2.05, 4.69) is 46.4 Å². The molecule has 0 aromatic heterocycles. The van der Waals surface area contributed by atoms with E-state index >= 15 is 0 Å². The summed E-state index contributed by atoms with van der Waals surface area (Å²) in [5.74, 6) is 1.73. The topological polar surface area (TPSA) is 50.8 Å². The summed E-state index contributed by atoms with van der Waals surface area (Å²) in [6.45, 7) is 5.91. The molecule has 3 rings (SSSR count). The minimum Gasteiger partial charge on any atom is -0.493 e. The van der Waals surface area contributed by atoms with Gasteiger partial charge in [0.1, 0.15) is 6.61 Å². The molecule has 1 aliphatic heterocycles. The summed E-state index contributed by atoms with van der Waals surface area (Å²) in [6.07, 6.45) is 2.66. The predicted octanol–water partition coefficient (Wildman–Crippen LogP) is 4.45. The summed E-state index contributed by atoms with van der Waals surface area (Å²) in [6, 6.07) is 12.3. The third-order valence-corrected chi connectivity index (χ3v) is 5.82. The maximum absolute atomic E-state index is 11.6. The lowest BCUT2D eigenvalue weighted by molar-refractivity contribution is -0.127. The van der Waals surface area contributed by atoms with Gasteiger partial charge in [0.15, 0.2) is 11.5 Å². The van der Waals surface area contributed by atoms with Crippen molar-refractivity contribution in [2.45, 2.75) is 39.3 Å². The smallest absolute Gasteiger partial charge is 0.222 e. The van der Waals surface area contributed by atoms with Crippen LogP contribution < -0.4 is 14.8 Å². The summed E-state index contributed by atoms with van der Waals surface area (Å²) in [7, 11) is 1.66. The number of rotatable bonds is 10. The highest BCUT2D eigenvalue weighted by Gasteiger charge is 2.19. The van der Waals surface area contributed by atoms with Crippen molar-refractivity contribution in [3.63, 3.8) is 0 Å². The fourth-order valence-electron chi connectivity index (χ4n) is 3.51. The first-order valence-electron chi connectivity index (χ1n) is 10.1. The van der Waals surface area contributed by atoms with E-state index in [0.717, 1.165) is 66.1 Å². The molecule has 156 valence electrons. The van der Waals surface area contributed by atoms with E-state index in [1.807, 2.05) is 23.1 Å². The monoisotopic (exact) mass is 460 g/mol. The molecule has 2 aromatic rings.